The summed E-state index contributed by atoms with van der Waals surface area (Å²) in [5, 5.41) is 3.63. The van der Waals surface area contributed by atoms with Gasteiger partial charge in [-0.05, 0) is 48.9 Å². The summed E-state index contributed by atoms with van der Waals surface area (Å²) in [6.07, 6.45) is 3.06. The van der Waals surface area contributed by atoms with E-state index in [-0.39, 0.29) is 12.0 Å². The van der Waals surface area contributed by atoms with Crippen LogP contribution in [0.4, 0.5) is 16.2 Å². The molecule has 29 heavy (non-hydrogen) atoms. The number of hydrogen-bond acceptors (Lipinski definition) is 4. The molecular formula is C22H24ClN3O3. The lowest BCUT2D eigenvalue weighted by atomic mass is 10.2. The van der Waals surface area contributed by atoms with Crippen molar-refractivity contribution in [3.63, 3.8) is 0 Å². The molecule has 0 bridgehead atoms. The molecule has 152 valence electrons. The standard InChI is InChI=1S/C22H24ClN3O3/c1-2-29-21(27)11-8-17-6-9-19(10-7-17)24-22(28)26-14-12-25(13-15-26)20-5-3-4-18(23)16-20/h3-11,16H,2,12-15H2,1H3,(H,24,28)/b11-8+. The zero-order chi connectivity index (χ0) is 20.6. The highest BCUT2D eigenvalue weighted by atomic mass is 35.5. The van der Waals surface area contributed by atoms with Crippen molar-refractivity contribution >= 4 is 41.1 Å². The number of amides is 2. The minimum Gasteiger partial charge on any atom is -0.463 e. The van der Waals surface area contributed by atoms with E-state index in [9.17, 15) is 9.59 Å². The molecule has 1 saturated heterocycles. The zero-order valence-electron chi connectivity index (χ0n) is 16.3. The fourth-order valence-corrected chi connectivity index (χ4v) is 3.26. The first kappa shape index (κ1) is 20.7. The van der Waals surface area contributed by atoms with Crippen LogP contribution in [0.3, 0.4) is 0 Å². The maximum absolute atomic E-state index is 12.5. The van der Waals surface area contributed by atoms with Crippen LogP contribution in [0.25, 0.3) is 6.08 Å². The zero-order valence-corrected chi connectivity index (χ0v) is 17.1. The molecule has 7 heteroatoms. The quantitative estimate of drug-likeness (QED) is 0.587. The molecule has 0 atom stereocenters. The Labute approximate surface area is 175 Å². The Morgan fingerprint density at radius 2 is 1.83 bits per heavy atom. The van der Waals surface area contributed by atoms with E-state index in [0.29, 0.717) is 30.4 Å². The van der Waals surface area contributed by atoms with E-state index in [1.807, 2.05) is 48.5 Å². The van der Waals surface area contributed by atoms with Crippen LogP contribution in [-0.4, -0.2) is 49.7 Å². The van der Waals surface area contributed by atoms with E-state index >= 15 is 0 Å². The number of urea groups is 1. The van der Waals surface area contributed by atoms with E-state index in [0.717, 1.165) is 24.3 Å². The van der Waals surface area contributed by atoms with E-state index < -0.39 is 0 Å². The highest BCUT2D eigenvalue weighted by molar-refractivity contribution is 6.30. The van der Waals surface area contributed by atoms with Crippen molar-refractivity contribution in [3.05, 3.63) is 65.2 Å². The van der Waals surface area contributed by atoms with Crippen molar-refractivity contribution in [1.29, 1.82) is 0 Å². The lowest BCUT2D eigenvalue weighted by molar-refractivity contribution is -0.137. The lowest BCUT2D eigenvalue weighted by Gasteiger charge is -2.36. The highest BCUT2D eigenvalue weighted by Gasteiger charge is 2.21. The number of hydrogen-bond donors (Lipinski definition) is 1. The van der Waals surface area contributed by atoms with Gasteiger partial charge in [-0.15, -0.1) is 0 Å². The topological polar surface area (TPSA) is 61.9 Å². The molecule has 2 aromatic rings. The first-order valence-corrected chi connectivity index (χ1v) is 9.94. The molecule has 1 N–H and O–H groups in total. The Morgan fingerprint density at radius 3 is 2.48 bits per heavy atom. The molecule has 1 aliphatic heterocycles. The molecule has 2 aromatic carbocycles. The van der Waals surface area contributed by atoms with Gasteiger partial charge in [0.1, 0.15) is 0 Å². The van der Waals surface area contributed by atoms with Crippen LogP contribution in [0.5, 0.6) is 0 Å². The number of piperazine rings is 1. The van der Waals surface area contributed by atoms with Crippen LogP contribution in [0.1, 0.15) is 12.5 Å². The number of rotatable bonds is 5. The number of nitrogens with zero attached hydrogens (tertiary/aromatic N) is 2. The Hall–Kier alpha value is -2.99. The monoisotopic (exact) mass is 413 g/mol. The molecule has 6 nitrogen and oxygen atoms in total. The van der Waals surface area contributed by atoms with Gasteiger partial charge in [0, 0.05) is 48.7 Å². The number of anilines is 2. The third-order valence-electron chi connectivity index (χ3n) is 4.60. The molecule has 3 rings (SSSR count). The van der Waals surface area contributed by atoms with E-state index in [1.54, 1.807) is 17.9 Å². The second-order valence-corrected chi connectivity index (χ2v) is 7.03. The molecule has 0 aromatic heterocycles. The Kier molecular flexibility index (Phi) is 7.14. The average molecular weight is 414 g/mol. The Balaban J connectivity index is 1.50. The van der Waals surface area contributed by atoms with Crippen LogP contribution < -0.4 is 10.2 Å². The summed E-state index contributed by atoms with van der Waals surface area (Å²) in [6, 6.07) is 14.9. The van der Waals surface area contributed by atoms with Gasteiger partial charge in [0.05, 0.1) is 6.61 Å². The van der Waals surface area contributed by atoms with Gasteiger partial charge in [0.25, 0.3) is 0 Å². The molecule has 0 radical (unpaired) electrons. The number of ether oxygens (including phenoxy) is 1. The predicted molar refractivity (Wildman–Crippen MR) is 116 cm³/mol. The number of nitrogens with one attached hydrogen (secondary N) is 1. The molecule has 1 heterocycles. The maximum atomic E-state index is 12.5. The summed E-state index contributed by atoms with van der Waals surface area (Å²) in [5.74, 6) is -0.373. The average Bonchev–Trinajstić information content (AvgIpc) is 2.73. The summed E-state index contributed by atoms with van der Waals surface area (Å²) in [5.41, 5.74) is 2.63. The van der Waals surface area contributed by atoms with Crippen molar-refractivity contribution in [2.24, 2.45) is 0 Å². The highest BCUT2D eigenvalue weighted by Crippen LogP contribution is 2.21. The first-order valence-electron chi connectivity index (χ1n) is 9.56. The van der Waals surface area contributed by atoms with Gasteiger partial charge in [0.15, 0.2) is 0 Å². The normalized spacial score (nSPS) is 14.1. The van der Waals surface area contributed by atoms with Crippen LogP contribution >= 0.6 is 11.6 Å². The van der Waals surface area contributed by atoms with Crippen molar-refractivity contribution in [2.75, 3.05) is 43.0 Å². The van der Waals surface area contributed by atoms with Crippen molar-refractivity contribution in [3.8, 4) is 0 Å². The van der Waals surface area contributed by atoms with Crippen molar-refractivity contribution < 1.29 is 14.3 Å². The predicted octanol–water partition coefficient (Wildman–Crippen LogP) is 4.27. The lowest BCUT2D eigenvalue weighted by Crippen LogP contribution is -2.50. The second-order valence-electron chi connectivity index (χ2n) is 6.59. The number of esters is 1. The van der Waals surface area contributed by atoms with Crippen molar-refractivity contribution in [2.45, 2.75) is 6.92 Å². The third-order valence-corrected chi connectivity index (χ3v) is 4.84. The third kappa shape index (κ3) is 5.99. The van der Waals surface area contributed by atoms with Gasteiger partial charge in [-0.25, -0.2) is 9.59 Å². The van der Waals surface area contributed by atoms with Crippen LogP contribution in [0.15, 0.2) is 54.6 Å². The van der Waals surface area contributed by atoms with Crippen LogP contribution in [-0.2, 0) is 9.53 Å². The molecule has 0 spiro atoms. The number of carbonyl (C=O) groups excluding carboxylic acids is 2. The Morgan fingerprint density at radius 1 is 1.10 bits per heavy atom. The molecule has 0 unspecified atom stereocenters. The van der Waals surface area contributed by atoms with Gasteiger partial charge in [-0.2, -0.15) is 0 Å². The number of halogens is 1. The Bertz CT molecular complexity index is 875. The summed E-state index contributed by atoms with van der Waals surface area (Å²) < 4.78 is 4.85. The minimum absolute atomic E-state index is 0.120. The molecule has 1 fully saturated rings. The largest absolute Gasteiger partial charge is 0.463 e. The molecule has 2 amide bonds. The van der Waals surface area contributed by atoms with E-state index in [1.165, 1.54) is 6.08 Å². The summed E-state index contributed by atoms with van der Waals surface area (Å²) in [6.45, 7) is 4.90. The van der Waals surface area contributed by atoms with Crippen LogP contribution in [0, 0.1) is 0 Å². The second kappa shape index (κ2) is 9.98. The summed E-state index contributed by atoms with van der Waals surface area (Å²) >= 11 is 6.07. The fraction of sp³-hybridized carbons (Fsp3) is 0.273. The minimum atomic E-state index is -0.373. The van der Waals surface area contributed by atoms with Gasteiger partial charge in [-0.1, -0.05) is 29.8 Å². The van der Waals surface area contributed by atoms with E-state index in [4.69, 9.17) is 16.3 Å². The van der Waals surface area contributed by atoms with E-state index in [2.05, 4.69) is 10.2 Å². The van der Waals surface area contributed by atoms with Gasteiger partial charge < -0.3 is 19.9 Å². The molecule has 0 aliphatic carbocycles. The van der Waals surface area contributed by atoms with Gasteiger partial charge in [-0.3, -0.25) is 0 Å². The fourth-order valence-electron chi connectivity index (χ4n) is 3.08. The summed E-state index contributed by atoms with van der Waals surface area (Å²) in [4.78, 5) is 27.9. The number of benzene rings is 2. The van der Waals surface area contributed by atoms with Gasteiger partial charge >= 0.3 is 12.0 Å². The SMILES string of the molecule is CCOC(=O)/C=C/c1ccc(NC(=O)N2CCN(c3cccc(Cl)c3)CC2)cc1. The molecule has 0 saturated carbocycles. The number of carbonyl (C=O) groups is 2. The maximum Gasteiger partial charge on any atom is 0.330 e. The molecular weight excluding hydrogens is 390 g/mol. The first-order chi connectivity index (χ1) is 14.0. The van der Waals surface area contributed by atoms with Gasteiger partial charge in [0.2, 0.25) is 0 Å². The molecule has 1 aliphatic rings. The van der Waals surface area contributed by atoms with Crippen molar-refractivity contribution in [1.82, 2.24) is 4.90 Å². The smallest absolute Gasteiger partial charge is 0.330 e. The summed E-state index contributed by atoms with van der Waals surface area (Å²) in [7, 11) is 0. The van der Waals surface area contributed by atoms with Crippen LogP contribution in [0.2, 0.25) is 5.02 Å².